The van der Waals surface area contributed by atoms with Crippen molar-refractivity contribution in [1.82, 2.24) is 0 Å². The summed E-state index contributed by atoms with van der Waals surface area (Å²) in [6.45, 7) is 8.94. The predicted octanol–water partition coefficient (Wildman–Crippen LogP) is 7.52. The number of aliphatic hydroxyl groups excluding tert-OH is 1. The zero-order valence-electron chi connectivity index (χ0n) is 24.3. The van der Waals surface area contributed by atoms with Crippen LogP contribution in [0.2, 0.25) is 0 Å². The molecular formula is C33H38FNO5S. The fourth-order valence-corrected chi connectivity index (χ4v) is 7.52. The Morgan fingerprint density at radius 2 is 1.59 bits per heavy atom. The van der Waals surface area contributed by atoms with Gasteiger partial charge in [-0.2, -0.15) is 0 Å². The van der Waals surface area contributed by atoms with Crippen LogP contribution in [0, 0.1) is 12.7 Å². The van der Waals surface area contributed by atoms with Gasteiger partial charge in [-0.3, -0.25) is 0 Å². The van der Waals surface area contributed by atoms with Crippen molar-refractivity contribution in [3.05, 3.63) is 107 Å². The Labute approximate surface area is 242 Å². The summed E-state index contributed by atoms with van der Waals surface area (Å²) in [7, 11) is -4.51. The number of anilines is 1. The molecule has 0 spiro atoms. The first-order chi connectivity index (χ1) is 19.3. The van der Waals surface area contributed by atoms with Crippen LogP contribution in [-0.4, -0.2) is 25.1 Å². The van der Waals surface area contributed by atoms with Crippen LogP contribution >= 0.6 is 0 Å². The molecule has 0 aliphatic carbocycles. The van der Waals surface area contributed by atoms with Gasteiger partial charge in [0.25, 0.3) is 10.0 Å². The van der Waals surface area contributed by atoms with E-state index in [1.807, 2.05) is 37.3 Å². The number of halogens is 1. The van der Waals surface area contributed by atoms with Gasteiger partial charge in [-0.1, -0.05) is 82.6 Å². The van der Waals surface area contributed by atoms with E-state index in [1.54, 1.807) is 45.9 Å². The van der Waals surface area contributed by atoms with Crippen molar-refractivity contribution in [2.45, 2.75) is 82.6 Å². The lowest BCUT2D eigenvalue weighted by atomic mass is 9.84. The van der Waals surface area contributed by atoms with Crippen LogP contribution in [-0.2, 0) is 31.4 Å². The maximum Gasteiger partial charge on any atom is 0.360 e. The minimum absolute atomic E-state index is 0.0246. The molecule has 1 N–H and O–H groups in total. The van der Waals surface area contributed by atoms with E-state index >= 15 is 0 Å². The predicted molar refractivity (Wildman–Crippen MR) is 159 cm³/mol. The number of sulfonamides is 1. The lowest BCUT2D eigenvalue weighted by Crippen LogP contribution is -2.46. The SMILES string of the molecule is CCCC1(CCc2ccccc2)CC(O)=C(N(c2ccccc2)S(=O)(=O)c2ccc(F)c(C(C)(C)C)c2C)C(=O)O1. The summed E-state index contributed by atoms with van der Waals surface area (Å²) in [4.78, 5) is 13.6. The van der Waals surface area contributed by atoms with Crippen molar-refractivity contribution in [2.75, 3.05) is 4.31 Å². The lowest BCUT2D eigenvalue weighted by Gasteiger charge is -2.39. The van der Waals surface area contributed by atoms with Crippen molar-refractivity contribution in [2.24, 2.45) is 0 Å². The maximum atomic E-state index is 14.9. The quantitative estimate of drug-likeness (QED) is 0.265. The third-order valence-corrected chi connectivity index (χ3v) is 9.38. The van der Waals surface area contributed by atoms with Crippen molar-refractivity contribution in [3.8, 4) is 0 Å². The molecule has 0 saturated heterocycles. The second kappa shape index (κ2) is 11.7. The van der Waals surface area contributed by atoms with Crippen LogP contribution in [0.5, 0.6) is 0 Å². The zero-order chi connectivity index (χ0) is 30.0. The van der Waals surface area contributed by atoms with Crippen LogP contribution in [0.4, 0.5) is 10.1 Å². The van der Waals surface area contributed by atoms with E-state index in [9.17, 15) is 22.7 Å². The molecule has 1 aliphatic heterocycles. The Bertz CT molecular complexity index is 1550. The Morgan fingerprint density at radius 1 is 0.976 bits per heavy atom. The molecule has 0 amide bonds. The number of hydrogen-bond acceptors (Lipinski definition) is 5. The summed E-state index contributed by atoms with van der Waals surface area (Å²) < 4.78 is 50.6. The van der Waals surface area contributed by atoms with Crippen LogP contribution in [0.1, 0.15) is 70.1 Å². The van der Waals surface area contributed by atoms with Crippen LogP contribution in [0.3, 0.4) is 0 Å². The highest BCUT2D eigenvalue weighted by Crippen LogP contribution is 2.41. The molecule has 1 heterocycles. The van der Waals surface area contributed by atoms with Gasteiger partial charge in [0.2, 0.25) is 0 Å². The Hall–Kier alpha value is -3.65. The first kappa shape index (κ1) is 30.3. The zero-order valence-corrected chi connectivity index (χ0v) is 25.1. The monoisotopic (exact) mass is 579 g/mol. The van der Waals surface area contributed by atoms with Crippen LogP contribution in [0.25, 0.3) is 0 Å². The molecule has 0 radical (unpaired) electrons. The summed E-state index contributed by atoms with van der Waals surface area (Å²) in [5, 5.41) is 11.5. The van der Waals surface area contributed by atoms with Crippen molar-refractivity contribution in [1.29, 1.82) is 0 Å². The van der Waals surface area contributed by atoms with Gasteiger partial charge < -0.3 is 9.84 Å². The summed E-state index contributed by atoms with van der Waals surface area (Å²) >= 11 is 0. The van der Waals surface area contributed by atoms with E-state index in [4.69, 9.17) is 4.74 Å². The first-order valence-corrected chi connectivity index (χ1v) is 15.3. The maximum absolute atomic E-state index is 14.9. The van der Waals surface area contributed by atoms with E-state index in [0.717, 1.165) is 15.9 Å². The molecule has 4 rings (SSSR count). The van der Waals surface area contributed by atoms with E-state index in [2.05, 4.69) is 0 Å². The van der Waals surface area contributed by atoms with Crippen LogP contribution < -0.4 is 4.31 Å². The molecule has 0 fully saturated rings. The van der Waals surface area contributed by atoms with E-state index in [0.29, 0.717) is 25.7 Å². The highest BCUT2D eigenvalue weighted by Gasteiger charge is 2.46. The number of hydrogen-bond donors (Lipinski definition) is 1. The molecule has 41 heavy (non-hydrogen) atoms. The van der Waals surface area contributed by atoms with E-state index < -0.39 is 38.5 Å². The first-order valence-electron chi connectivity index (χ1n) is 13.9. The average molecular weight is 580 g/mol. The molecule has 0 saturated carbocycles. The molecule has 1 atom stereocenters. The molecule has 3 aromatic rings. The number of carbonyl (C=O) groups is 1. The summed E-state index contributed by atoms with van der Waals surface area (Å²) in [6, 6.07) is 20.2. The number of benzene rings is 3. The normalized spacial score (nSPS) is 17.9. The van der Waals surface area contributed by atoms with Crippen LogP contribution in [0.15, 0.2) is 89.1 Å². The second-order valence-electron chi connectivity index (χ2n) is 11.7. The summed E-state index contributed by atoms with van der Waals surface area (Å²) in [5.74, 6) is -1.79. The molecular weight excluding hydrogens is 541 g/mol. The molecule has 3 aromatic carbocycles. The van der Waals surface area contributed by atoms with E-state index in [-0.39, 0.29) is 33.9 Å². The number of cyclic esters (lactones) is 1. The van der Waals surface area contributed by atoms with Crippen molar-refractivity contribution in [3.63, 3.8) is 0 Å². The number of nitrogens with zero attached hydrogens (tertiary/aromatic N) is 1. The number of rotatable bonds is 9. The molecule has 0 bridgehead atoms. The Kier molecular flexibility index (Phi) is 8.64. The molecule has 6 nitrogen and oxygen atoms in total. The number of para-hydroxylation sites is 1. The minimum Gasteiger partial charge on any atom is -0.510 e. The fraction of sp³-hybridized carbons (Fsp3) is 0.364. The lowest BCUT2D eigenvalue weighted by molar-refractivity contribution is -0.160. The fourth-order valence-electron chi connectivity index (χ4n) is 5.77. The van der Waals surface area contributed by atoms with Gasteiger partial charge >= 0.3 is 5.97 Å². The third-order valence-electron chi connectivity index (χ3n) is 7.51. The number of esters is 1. The average Bonchev–Trinajstić information content (AvgIpc) is 2.90. The Balaban J connectivity index is 1.84. The second-order valence-corrected chi connectivity index (χ2v) is 13.4. The van der Waals surface area contributed by atoms with Gasteiger partial charge in [0.05, 0.1) is 10.6 Å². The van der Waals surface area contributed by atoms with Gasteiger partial charge in [-0.15, -0.1) is 0 Å². The number of aliphatic hydroxyl groups is 1. The Morgan fingerprint density at radius 3 is 2.15 bits per heavy atom. The topological polar surface area (TPSA) is 83.9 Å². The summed E-state index contributed by atoms with van der Waals surface area (Å²) in [5.41, 5.74) is -0.385. The van der Waals surface area contributed by atoms with Crippen molar-refractivity contribution >= 4 is 21.7 Å². The minimum atomic E-state index is -4.51. The van der Waals surface area contributed by atoms with Gasteiger partial charge in [0, 0.05) is 6.42 Å². The van der Waals surface area contributed by atoms with Gasteiger partial charge in [-0.25, -0.2) is 21.9 Å². The van der Waals surface area contributed by atoms with Crippen molar-refractivity contribution < 1.29 is 27.4 Å². The van der Waals surface area contributed by atoms with Gasteiger partial charge in [0.1, 0.15) is 17.2 Å². The molecule has 218 valence electrons. The molecule has 1 aliphatic rings. The number of aryl methyl sites for hydroxylation is 1. The smallest absolute Gasteiger partial charge is 0.360 e. The third kappa shape index (κ3) is 6.17. The highest BCUT2D eigenvalue weighted by molar-refractivity contribution is 7.93. The van der Waals surface area contributed by atoms with Gasteiger partial charge in [0.15, 0.2) is 5.70 Å². The highest BCUT2D eigenvalue weighted by atomic mass is 32.2. The van der Waals surface area contributed by atoms with Gasteiger partial charge in [-0.05, 0) is 72.6 Å². The largest absolute Gasteiger partial charge is 0.510 e. The summed E-state index contributed by atoms with van der Waals surface area (Å²) in [6.07, 6.45) is 2.28. The molecule has 1 unspecified atom stereocenters. The number of carbonyl (C=O) groups excluding carboxylic acids is 1. The molecule has 8 heteroatoms. The number of ether oxygens (including phenoxy) is 1. The standard InChI is InChI=1S/C33H38FNO5S/c1-6-20-33(21-19-24-13-9-7-10-14-24)22-27(36)30(31(37)40-33)35(25-15-11-8-12-16-25)41(38,39)28-18-17-26(34)29(23(28)2)32(3,4)5/h7-18,36H,6,19-22H2,1-5H3. The molecule has 0 aromatic heterocycles. The van der Waals surface area contributed by atoms with E-state index in [1.165, 1.54) is 18.2 Å².